The molecule has 1 atom stereocenters. The third-order valence-corrected chi connectivity index (χ3v) is 5.16. The lowest BCUT2D eigenvalue weighted by Crippen LogP contribution is -2.32. The number of carbonyl (C=O) groups excluding carboxylic acids is 1. The normalized spacial score (nSPS) is 23.4. The lowest BCUT2D eigenvalue weighted by atomic mass is 10.2. The number of rotatable bonds is 3. The van der Waals surface area contributed by atoms with Crippen LogP contribution in [-0.2, 0) is 0 Å². The van der Waals surface area contributed by atoms with Crippen molar-refractivity contribution < 1.29 is 4.79 Å². The molecule has 20 heavy (non-hydrogen) atoms. The Labute approximate surface area is 122 Å². The Balaban J connectivity index is 1.69. The molecular formula is C13H21N5OS. The van der Waals surface area contributed by atoms with Crippen LogP contribution in [0.3, 0.4) is 0 Å². The molecule has 0 spiro atoms. The van der Waals surface area contributed by atoms with Gasteiger partial charge in [0.05, 0.1) is 0 Å². The van der Waals surface area contributed by atoms with E-state index in [9.17, 15) is 4.79 Å². The summed E-state index contributed by atoms with van der Waals surface area (Å²) < 4.78 is 0. The molecule has 0 aromatic carbocycles. The van der Waals surface area contributed by atoms with Crippen molar-refractivity contribution in [1.29, 1.82) is 0 Å². The third-order valence-electron chi connectivity index (χ3n) is 4.03. The van der Waals surface area contributed by atoms with Gasteiger partial charge in [0.15, 0.2) is 5.13 Å². The molecule has 1 saturated carbocycles. The van der Waals surface area contributed by atoms with E-state index in [0.717, 1.165) is 37.5 Å². The van der Waals surface area contributed by atoms with Gasteiger partial charge in [-0.15, -0.1) is 0 Å². The van der Waals surface area contributed by atoms with Gasteiger partial charge in [-0.05, 0) is 19.3 Å². The van der Waals surface area contributed by atoms with E-state index in [-0.39, 0.29) is 11.9 Å². The lowest BCUT2D eigenvalue weighted by molar-refractivity contribution is 0.0942. The zero-order valence-electron chi connectivity index (χ0n) is 11.5. The monoisotopic (exact) mass is 295 g/mol. The molecule has 1 amide bonds. The van der Waals surface area contributed by atoms with Crippen LogP contribution >= 0.6 is 11.3 Å². The summed E-state index contributed by atoms with van der Waals surface area (Å²) in [6.07, 6.45) is 5.49. The van der Waals surface area contributed by atoms with Crippen molar-refractivity contribution in [3.63, 3.8) is 0 Å². The average molecular weight is 295 g/mol. The second kappa shape index (κ2) is 5.57. The molecule has 2 aliphatic rings. The Kier molecular flexibility index (Phi) is 3.80. The molecule has 1 aliphatic carbocycles. The summed E-state index contributed by atoms with van der Waals surface area (Å²) in [6.45, 7) is 1.68. The first-order valence-corrected chi connectivity index (χ1v) is 8.03. The second-order valence-electron chi connectivity index (χ2n) is 5.66. The van der Waals surface area contributed by atoms with Crippen LogP contribution in [0.4, 0.5) is 10.9 Å². The summed E-state index contributed by atoms with van der Waals surface area (Å²) in [5, 5.41) is 3.87. The molecule has 0 bridgehead atoms. The predicted octanol–water partition coefficient (Wildman–Crippen LogP) is 0.935. The van der Waals surface area contributed by atoms with Gasteiger partial charge in [-0.25, -0.2) is 4.98 Å². The number of amides is 1. The van der Waals surface area contributed by atoms with Gasteiger partial charge < -0.3 is 21.7 Å². The number of nitrogens with zero attached hydrogens (tertiary/aromatic N) is 2. The highest BCUT2D eigenvalue weighted by Crippen LogP contribution is 2.30. The molecule has 2 fully saturated rings. The van der Waals surface area contributed by atoms with E-state index in [1.807, 2.05) is 0 Å². The first-order valence-electron chi connectivity index (χ1n) is 7.21. The standard InChI is InChI=1S/C13H21N5OS/c14-8-5-6-18(7-8)13-17-11(15)10(20-13)12(19)16-9-3-1-2-4-9/h8-9H,1-7,14-15H2,(H,16,19). The van der Waals surface area contributed by atoms with E-state index in [0.29, 0.717) is 16.7 Å². The fraction of sp³-hybridized carbons (Fsp3) is 0.692. The van der Waals surface area contributed by atoms with Crippen molar-refractivity contribution in [3.8, 4) is 0 Å². The average Bonchev–Trinajstić information content (AvgIpc) is 3.10. The summed E-state index contributed by atoms with van der Waals surface area (Å²) in [6, 6.07) is 0.489. The third kappa shape index (κ3) is 2.73. The summed E-state index contributed by atoms with van der Waals surface area (Å²) >= 11 is 1.37. The molecule has 1 aromatic heterocycles. The zero-order valence-corrected chi connectivity index (χ0v) is 12.3. The van der Waals surface area contributed by atoms with Crippen molar-refractivity contribution in [3.05, 3.63) is 4.88 Å². The molecule has 2 heterocycles. The fourth-order valence-corrected chi connectivity index (χ4v) is 3.82. The van der Waals surface area contributed by atoms with E-state index in [4.69, 9.17) is 11.5 Å². The van der Waals surface area contributed by atoms with Crippen molar-refractivity contribution >= 4 is 28.2 Å². The summed E-state index contributed by atoms with van der Waals surface area (Å²) in [7, 11) is 0. The molecule has 7 heteroatoms. The maximum Gasteiger partial charge on any atom is 0.265 e. The van der Waals surface area contributed by atoms with Gasteiger partial charge in [0.1, 0.15) is 10.7 Å². The van der Waals surface area contributed by atoms with Gasteiger partial charge in [0.25, 0.3) is 5.91 Å². The van der Waals surface area contributed by atoms with E-state index in [1.165, 1.54) is 24.2 Å². The number of anilines is 2. The van der Waals surface area contributed by atoms with Crippen molar-refractivity contribution in [1.82, 2.24) is 10.3 Å². The minimum Gasteiger partial charge on any atom is -0.382 e. The van der Waals surface area contributed by atoms with Gasteiger partial charge in [-0.1, -0.05) is 24.2 Å². The van der Waals surface area contributed by atoms with E-state index in [2.05, 4.69) is 15.2 Å². The second-order valence-corrected chi connectivity index (χ2v) is 6.64. The number of nitrogens with one attached hydrogen (secondary N) is 1. The first kappa shape index (κ1) is 13.6. The number of thiazole rings is 1. The predicted molar refractivity (Wildman–Crippen MR) is 81.1 cm³/mol. The van der Waals surface area contributed by atoms with Crippen LogP contribution in [-0.4, -0.2) is 36.1 Å². The van der Waals surface area contributed by atoms with Crippen LogP contribution in [0.25, 0.3) is 0 Å². The lowest BCUT2D eigenvalue weighted by Gasteiger charge is -2.13. The SMILES string of the molecule is Nc1nc(N2CCC(N)C2)sc1C(=O)NC1CCCC1. The summed E-state index contributed by atoms with van der Waals surface area (Å²) in [5.74, 6) is 0.252. The summed E-state index contributed by atoms with van der Waals surface area (Å²) in [4.78, 5) is 19.2. The van der Waals surface area contributed by atoms with Crippen LogP contribution < -0.4 is 21.7 Å². The molecule has 1 aromatic rings. The van der Waals surface area contributed by atoms with E-state index in [1.54, 1.807) is 0 Å². The number of nitrogens with two attached hydrogens (primary N) is 2. The van der Waals surface area contributed by atoms with Crippen LogP contribution in [0.5, 0.6) is 0 Å². The molecule has 1 aliphatic heterocycles. The fourth-order valence-electron chi connectivity index (χ4n) is 2.90. The molecule has 110 valence electrons. The van der Waals surface area contributed by atoms with Crippen molar-refractivity contribution in [2.45, 2.75) is 44.2 Å². The topological polar surface area (TPSA) is 97.3 Å². The molecule has 0 radical (unpaired) electrons. The number of carbonyl (C=O) groups is 1. The van der Waals surface area contributed by atoms with Crippen molar-refractivity contribution in [2.75, 3.05) is 23.7 Å². The van der Waals surface area contributed by atoms with E-state index >= 15 is 0 Å². The van der Waals surface area contributed by atoms with Gasteiger partial charge >= 0.3 is 0 Å². The molecule has 1 saturated heterocycles. The van der Waals surface area contributed by atoms with Gasteiger partial charge in [0, 0.05) is 25.2 Å². The Bertz CT molecular complexity index is 497. The maximum atomic E-state index is 12.3. The zero-order chi connectivity index (χ0) is 14.1. The highest BCUT2D eigenvalue weighted by molar-refractivity contribution is 7.18. The van der Waals surface area contributed by atoms with Gasteiger partial charge in [-0.2, -0.15) is 0 Å². The highest BCUT2D eigenvalue weighted by Gasteiger charge is 2.26. The number of hydrogen-bond acceptors (Lipinski definition) is 6. The van der Waals surface area contributed by atoms with Crippen LogP contribution in [0, 0.1) is 0 Å². The highest BCUT2D eigenvalue weighted by atomic mass is 32.1. The Morgan fingerprint density at radius 1 is 1.35 bits per heavy atom. The number of nitrogen functional groups attached to an aromatic ring is 1. The van der Waals surface area contributed by atoms with E-state index < -0.39 is 0 Å². The van der Waals surface area contributed by atoms with Gasteiger partial charge in [-0.3, -0.25) is 4.79 Å². The maximum absolute atomic E-state index is 12.3. The number of aromatic nitrogens is 1. The van der Waals surface area contributed by atoms with Crippen LogP contribution in [0.1, 0.15) is 41.8 Å². The minimum absolute atomic E-state index is 0.0818. The van der Waals surface area contributed by atoms with Crippen LogP contribution in [0.15, 0.2) is 0 Å². The Morgan fingerprint density at radius 2 is 2.10 bits per heavy atom. The largest absolute Gasteiger partial charge is 0.382 e. The molecule has 3 rings (SSSR count). The Morgan fingerprint density at radius 3 is 2.75 bits per heavy atom. The Hall–Kier alpha value is -1.34. The first-order chi connectivity index (χ1) is 9.63. The van der Waals surface area contributed by atoms with Crippen LogP contribution in [0.2, 0.25) is 0 Å². The summed E-state index contributed by atoms with van der Waals surface area (Å²) in [5.41, 5.74) is 11.8. The smallest absolute Gasteiger partial charge is 0.265 e. The quantitative estimate of drug-likeness (QED) is 0.771. The molecular weight excluding hydrogens is 274 g/mol. The molecule has 5 N–H and O–H groups in total. The minimum atomic E-state index is -0.0818. The number of hydrogen-bond donors (Lipinski definition) is 3. The molecule has 6 nitrogen and oxygen atoms in total. The molecule has 1 unspecified atom stereocenters. The van der Waals surface area contributed by atoms with Gasteiger partial charge in [0.2, 0.25) is 0 Å². The van der Waals surface area contributed by atoms with Crippen molar-refractivity contribution in [2.24, 2.45) is 5.73 Å².